The molecule has 8 heteroatoms. The highest BCUT2D eigenvalue weighted by atomic mass is 19.4. The molecule has 0 aromatic carbocycles. The molecule has 110 valence electrons. The molecule has 2 aliphatic rings. The molecule has 2 saturated heterocycles. The molecular weight excluding hydrogens is 267 g/mol. The Morgan fingerprint density at radius 3 is 2.53 bits per heavy atom. The fourth-order valence-corrected chi connectivity index (χ4v) is 2.81. The fraction of sp³-hybridized carbons (Fsp3) is 0.909. The van der Waals surface area contributed by atoms with Crippen LogP contribution < -0.4 is 5.73 Å². The zero-order chi connectivity index (χ0) is 14.3. The molecule has 2 fully saturated rings. The number of nitrogens with two attached hydrogens (primary N) is 1. The summed E-state index contributed by atoms with van der Waals surface area (Å²) >= 11 is 0. The fourth-order valence-electron chi connectivity index (χ4n) is 2.81. The minimum Gasteiger partial charge on any atom is -0.480 e. The lowest BCUT2D eigenvalue weighted by Gasteiger charge is -2.43. The first-order valence-corrected chi connectivity index (χ1v) is 6.02. The van der Waals surface area contributed by atoms with Crippen molar-refractivity contribution in [1.82, 2.24) is 0 Å². The molecule has 19 heavy (non-hydrogen) atoms. The summed E-state index contributed by atoms with van der Waals surface area (Å²) in [4.78, 5) is 11.1. The Labute approximate surface area is 107 Å². The molecule has 0 bridgehead atoms. The van der Waals surface area contributed by atoms with Gasteiger partial charge in [-0.25, -0.2) is 4.79 Å². The topological polar surface area (TPSA) is 81.8 Å². The smallest absolute Gasteiger partial charge is 0.417 e. The van der Waals surface area contributed by atoms with Crippen LogP contribution in [0.3, 0.4) is 0 Å². The zero-order valence-electron chi connectivity index (χ0n) is 10.2. The van der Waals surface area contributed by atoms with Crippen LogP contribution in [0.5, 0.6) is 0 Å². The maximum absolute atomic E-state index is 13.0. The van der Waals surface area contributed by atoms with E-state index in [9.17, 15) is 18.0 Å². The van der Waals surface area contributed by atoms with Gasteiger partial charge in [0.25, 0.3) is 0 Å². The summed E-state index contributed by atoms with van der Waals surface area (Å²) in [6.07, 6.45) is -4.60. The van der Waals surface area contributed by atoms with Gasteiger partial charge in [-0.1, -0.05) is 0 Å². The average Bonchev–Trinajstić information content (AvgIpc) is 2.74. The second kappa shape index (κ2) is 4.60. The number of alkyl halides is 3. The van der Waals surface area contributed by atoms with E-state index < -0.39 is 29.2 Å². The molecule has 1 spiro atoms. The van der Waals surface area contributed by atoms with Crippen LogP contribution in [0.25, 0.3) is 0 Å². The molecule has 2 aliphatic heterocycles. The highest BCUT2D eigenvalue weighted by Gasteiger charge is 2.64. The van der Waals surface area contributed by atoms with Crippen molar-refractivity contribution in [3.05, 3.63) is 0 Å². The third-order valence-corrected chi connectivity index (χ3v) is 4.03. The van der Waals surface area contributed by atoms with Crippen LogP contribution in [0.2, 0.25) is 0 Å². The normalized spacial score (nSPS) is 35.3. The summed E-state index contributed by atoms with van der Waals surface area (Å²) in [5.74, 6) is -3.25. The van der Waals surface area contributed by atoms with Crippen molar-refractivity contribution in [3.63, 3.8) is 0 Å². The number of halogens is 3. The number of aliphatic carboxylic acids is 1. The molecule has 0 radical (unpaired) electrons. The van der Waals surface area contributed by atoms with Crippen LogP contribution in [-0.2, 0) is 14.3 Å². The number of ether oxygens (including phenoxy) is 2. The largest absolute Gasteiger partial charge is 0.480 e. The van der Waals surface area contributed by atoms with Crippen LogP contribution in [0.1, 0.15) is 19.3 Å². The van der Waals surface area contributed by atoms with Gasteiger partial charge >= 0.3 is 12.1 Å². The first-order valence-electron chi connectivity index (χ1n) is 6.02. The Hall–Kier alpha value is -0.860. The highest BCUT2D eigenvalue weighted by molar-refractivity contribution is 5.80. The molecule has 3 N–H and O–H groups in total. The number of carboxylic acid groups (broad SMARTS) is 1. The van der Waals surface area contributed by atoms with Crippen molar-refractivity contribution in [1.29, 1.82) is 0 Å². The van der Waals surface area contributed by atoms with Crippen LogP contribution >= 0.6 is 0 Å². The van der Waals surface area contributed by atoms with Crippen molar-refractivity contribution in [2.75, 3.05) is 19.8 Å². The second-order valence-corrected chi connectivity index (χ2v) is 5.20. The van der Waals surface area contributed by atoms with Crippen molar-refractivity contribution >= 4 is 5.97 Å². The molecule has 0 saturated carbocycles. The van der Waals surface area contributed by atoms with E-state index in [1.807, 2.05) is 0 Å². The van der Waals surface area contributed by atoms with E-state index in [0.29, 0.717) is 13.0 Å². The van der Waals surface area contributed by atoms with Crippen molar-refractivity contribution in [2.45, 2.75) is 36.6 Å². The van der Waals surface area contributed by atoms with Crippen molar-refractivity contribution in [3.8, 4) is 0 Å². The lowest BCUT2D eigenvalue weighted by Crippen LogP contribution is -2.66. The van der Waals surface area contributed by atoms with E-state index in [4.69, 9.17) is 20.3 Å². The van der Waals surface area contributed by atoms with E-state index in [1.54, 1.807) is 0 Å². The molecule has 0 aliphatic carbocycles. The molecule has 3 atom stereocenters. The summed E-state index contributed by atoms with van der Waals surface area (Å²) < 4.78 is 49.8. The number of hydrogen-bond donors (Lipinski definition) is 2. The van der Waals surface area contributed by atoms with Gasteiger partial charge in [0.15, 0.2) is 0 Å². The minimum absolute atomic E-state index is 0.0238. The van der Waals surface area contributed by atoms with Gasteiger partial charge in [0.1, 0.15) is 0 Å². The molecule has 5 nitrogen and oxygen atoms in total. The molecule has 2 rings (SSSR count). The maximum Gasteiger partial charge on any atom is 0.417 e. The van der Waals surface area contributed by atoms with E-state index >= 15 is 0 Å². The first kappa shape index (κ1) is 14.5. The second-order valence-electron chi connectivity index (χ2n) is 5.20. The molecule has 0 aromatic rings. The lowest BCUT2D eigenvalue weighted by atomic mass is 9.73. The monoisotopic (exact) mass is 283 g/mol. The average molecular weight is 283 g/mol. The standard InChI is InChI=1S/C11H16F3NO4/c12-11(13,14)10(15,8(16)17)7-1-3-19-9(5-7)2-4-18-6-9/h7H,1-6,15H2,(H,16,17). The Morgan fingerprint density at radius 2 is 2.05 bits per heavy atom. The third-order valence-electron chi connectivity index (χ3n) is 4.03. The Balaban J connectivity index is 2.25. The number of carbonyl (C=O) groups is 1. The minimum atomic E-state index is -5.00. The van der Waals surface area contributed by atoms with Crippen LogP contribution in [-0.4, -0.2) is 48.2 Å². The van der Waals surface area contributed by atoms with Gasteiger partial charge in [-0.3, -0.25) is 0 Å². The Kier molecular flexibility index (Phi) is 3.53. The molecule has 3 unspecified atom stereocenters. The van der Waals surface area contributed by atoms with Gasteiger partial charge in [0.2, 0.25) is 5.54 Å². The summed E-state index contributed by atoms with van der Waals surface area (Å²) in [6.45, 7) is 0.663. The SMILES string of the molecule is NC(C(=O)O)(C1CCOC2(CCOC2)C1)C(F)(F)F. The Bertz CT molecular complexity index is 367. The third kappa shape index (κ3) is 2.32. The van der Waals surface area contributed by atoms with Crippen molar-refractivity contribution in [2.24, 2.45) is 11.7 Å². The quantitative estimate of drug-likeness (QED) is 0.787. The number of carboxylic acids is 1. The van der Waals surface area contributed by atoms with Crippen LogP contribution in [0.4, 0.5) is 13.2 Å². The van der Waals surface area contributed by atoms with Gasteiger partial charge in [0, 0.05) is 25.6 Å². The van der Waals surface area contributed by atoms with E-state index in [2.05, 4.69) is 0 Å². The van der Waals surface area contributed by atoms with E-state index in [1.165, 1.54) is 0 Å². The number of rotatable bonds is 2. The molecule has 2 heterocycles. The predicted molar refractivity (Wildman–Crippen MR) is 57.5 cm³/mol. The van der Waals surface area contributed by atoms with Crippen LogP contribution in [0.15, 0.2) is 0 Å². The van der Waals surface area contributed by atoms with Crippen molar-refractivity contribution < 1.29 is 32.5 Å². The molecule has 0 amide bonds. The predicted octanol–water partition coefficient (Wildman–Crippen LogP) is 0.916. The number of hydrogen-bond acceptors (Lipinski definition) is 4. The van der Waals surface area contributed by atoms with Gasteiger partial charge in [-0.2, -0.15) is 13.2 Å². The van der Waals surface area contributed by atoms with Gasteiger partial charge in [-0.15, -0.1) is 0 Å². The van der Waals surface area contributed by atoms with Gasteiger partial charge < -0.3 is 20.3 Å². The molecular formula is C11H16F3NO4. The summed E-state index contributed by atoms with van der Waals surface area (Å²) in [5, 5.41) is 8.93. The first-order chi connectivity index (χ1) is 8.71. The zero-order valence-corrected chi connectivity index (χ0v) is 10.2. The maximum atomic E-state index is 13.0. The van der Waals surface area contributed by atoms with Gasteiger partial charge in [-0.05, 0) is 12.8 Å². The highest BCUT2D eigenvalue weighted by Crippen LogP contribution is 2.45. The summed E-state index contributed by atoms with van der Waals surface area (Å²) in [6, 6.07) is 0. The molecule has 0 aromatic heterocycles. The lowest BCUT2D eigenvalue weighted by molar-refractivity contribution is -0.226. The Morgan fingerprint density at radius 1 is 1.37 bits per heavy atom. The van der Waals surface area contributed by atoms with Crippen LogP contribution in [0, 0.1) is 5.92 Å². The van der Waals surface area contributed by atoms with Gasteiger partial charge in [0.05, 0.1) is 12.2 Å². The summed E-state index contributed by atoms with van der Waals surface area (Å²) in [7, 11) is 0. The summed E-state index contributed by atoms with van der Waals surface area (Å²) in [5.41, 5.74) is 1.18. The van der Waals surface area contributed by atoms with E-state index in [0.717, 1.165) is 0 Å². The van der Waals surface area contributed by atoms with E-state index in [-0.39, 0.29) is 26.1 Å².